The minimum atomic E-state index is -3.20. The highest BCUT2D eigenvalue weighted by molar-refractivity contribution is 7.90. The molecule has 0 radical (unpaired) electrons. The molecule has 10 heteroatoms. The highest BCUT2D eigenvalue weighted by Gasteiger charge is 2.21. The largest absolute Gasteiger partial charge is 0.335 e. The van der Waals surface area contributed by atoms with Gasteiger partial charge in [0.05, 0.1) is 28.4 Å². The quantitative estimate of drug-likeness (QED) is 0.719. The summed E-state index contributed by atoms with van der Waals surface area (Å²) in [5.41, 5.74) is 6.11. The van der Waals surface area contributed by atoms with Gasteiger partial charge in [0.1, 0.15) is 9.84 Å². The van der Waals surface area contributed by atoms with Gasteiger partial charge in [0.2, 0.25) is 11.8 Å². The van der Waals surface area contributed by atoms with Gasteiger partial charge in [-0.1, -0.05) is 23.2 Å². The summed E-state index contributed by atoms with van der Waals surface area (Å²) in [6.45, 7) is -0.231. The molecule has 24 heavy (non-hydrogen) atoms. The Morgan fingerprint density at radius 1 is 1.29 bits per heavy atom. The van der Waals surface area contributed by atoms with E-state index in [2.05, 4.69) is 5.32 Å². The molecule has 134 valence electrons. The summed E-state index contributed by atoms with van der Waals surface area (Å²) >= 11 is 11.6. The summed E-state index contributed by atoms with van der Waals surface area (Å²) in [5, 5.41) is 3.23. The van der Waals surface area contributed by atoms with Crippen LogP contribution in [0.3, 0.4) is 0 Å². The van der Waals surface area contributed by atoms with E-state index in [9.17, 15) is 18.0 Å². The van der Waals surface area contributed by atoms with Crippen molar-refractivity contribution in [2.75, 3.05) is 30.9 Å². The van der Waals surface area contributed by atoms with E-state index in [1.54, 1.807) is 6.07 Å². The number of nitrogens with one attached hydrogen (secondary N) is 1. The van der Waals surface area contributed by atoms with E-state index < -0.39 is 27.7 Å². The average Bonchev–Trinajstić information content (AvgIpc) is 2.46. The highest BCUT2D eigenvalue weighted by atomic mass is 35.5. The smallest absolute Gasteiger partial charge is 0.243 e. The standard InChI is InChI=1S/C14H19Cl2N3O4S/c1-19(14(21)12(17)5-6-24(2,22)23)8-13(20)18-9-3-4-10(15)11(16)7-9/h3-4,7,12H,5-6,8,17H2,1-2H3,(H,18,20). The van der Waals surface area contributed by atoms with Crippen LogP contribution >= 0.6 is 23.2 Å². The predicted molar refractivity (Wildman–Crippen MR) is 95.0 cm³/mol. The Bertz CT molecular complexity index is 725. The molecule has 0 aromatic heterocycles. The molecule has 1 atom stereocenters. The molecule has 7 nitrogen and oxygen atoms in total. The lowest BCUT2D eigenvalue weighted by atomic mass is 10.2. The topological polar surface area (TPSA) is 110 Å². The number of rotatable bonds is 7. The Morgan fingerprint density at radius 3 is 2.46 bits per heavy atom. The molecular weight excluding hydrogens is 377 g/mol. The van der Waals surface area contributed by atoms with Gasteiger partial charge < -0.3 is 16.0 Å². The van der Waals surface area contributed by atoms with Crippen molar-refractivity contribution in [2.24, 2.45) is 5.73 Å². The predicted octanol–water partition coefficient (Wildman–Crippen LogP) is 1.15. The molecule has 0 spiro atoms. The van der Waals surface area contributed by atoms with Crippen molar-refractivity contribution < 1.29 is 18.0 Å². The Labute approximate surface area is 151 Å². The van der Waals surface area contributed by atoms with Gasteiger partial charge in [-0.05, 0) is 24.6 Å². The van der Waals surface area contributed by atoms with E-state index >= 15 is 0 Å². The normalized spacial score (nSPS) is 12.5. The van der Waals surface area contributed by atoms with Gasteiger partial charge >= 0.3 is 0 Å². The van der Waals surface area contributed by atoms with Crippen molar-refractivity contribution in [1.29, 1.82) is 0 Å². The lowest BCUT2D eigenvalue weighted by molar-refractivity contribution is -0.134. The third-order valence-electron chi connectivity index (χ3n) is 3.08. The lowest BCUT2D eigenvalue weighted by Crippen LogP contribution is -2.45. The minimum Gasteiger partial charge on any atom is -0.335 e. The van der Waals surface area contributed by atoms with Crippen LogP contribution in [0.4, 0.5) is 5.69 Å². The Hall–Kier alpha value is -1.35. The van der Waals surface area contributed by atoms with Crippen LogP contribution in [0.15, 0.2) is 18.2 Å². The van der Waals surface area contributed by atoms with Crippen molar-refractivity contribution in [3.05, 3.63) is 28.2 Å². The molecule has 0 saturated carbocycles. The zero-order chi connectivity index (χ0) is 18.5. The molecule has 0 aliphatic rings. The Morgan fingerprint density at radius 2 is 1.92 bits per heavy atom. The second kappa shape index (κ2) is 8.66. The zero-order valence-electron chi connectivity index (χ0n) is 13.3. The molecule has 1 aromatic carbocycles. The number of amides is 2. The number of carbonyl (C=O) groups excluding carboxylic acids is 2. The van der Waals surface area contributed by atoms with Crippen LogP contribution in [0, 0.1) is 0 Å². The number of carbonyl (C=O) groups is 2. The zero-order valence-corrected chi connectivity index (χ0v) is 15.6. The number of nitrogens with zero attached hydrogens (tertiary/aromatic N) is 1. The number of sulfone groups is 1. The van der Waals surface area contributed by atoms with Gasteiger partial charge in [-0.2, -0.15) is 0 Å². The van der Waals surface area contributed by atoms with Gasteiger partial charge in [0, 0.05) is 19.0 Å². The summed E-state index contributed by atoms with van der Waals surface area (Å²) < 4.78 is 22.2. The first-order chi connectivity index (χ1) is 11.0. The van der Waals surface area contributed by atoms with Gasteiger partial charge in [-0.25, -0.2) is 8.42 Å². The third kappa shape index (κ3) is 7.04. The van der Waals surface area contributed by atoms with Crippen LogP contribution < -0.4 is 11.1 Å². The fourth-order valence-corrected chi connectivity index (χ4v) is 2.80. The first kappa shape index (κ1) is 20.7. The molecule has 0 bridgehead atoms. The van der Waals surface area contributed by atoms with Gasteiger partial charge in [0.15, 0.2) is 0 Å². The molecule has 0 heterocycles. The molecule has 2 amide bonds. The molecular formula is C14H19Cl2N3O4S. The second-order valence-corrected chi connectivity index (χ2v) is 8.47. The van der Waals surface area contributed by atoms with Crippen molar-refractivity contribution in [3.8, 4) is 0 Å². The van der Waals surface area contributed by atoms with Crippen LogP contribution in [-0.2, 0) is 19.4 Å². The van der Waals surface area contributed by atoms with E-state index in [0.29, 0.717) is 15.7 Å². The summed E-state index contributed by atoms with van der Waals surface area (Å²) in [6, 6.07) is 3.62. The fraction of sp³-hybridized carbons (Fsp3) is 0.429. The summed E-state index contributed by atoms with van der Waals surface area (Å²) in [6.07, 6.45) is 1.06. The number of halogens is 2. The molecule has 1 aromatic rings. The molecule has 3 N–H and O–H groups in total. The van der Waals surface area contributed by atoms with Crippen LogP contribution in [0.25, 0.3) is 0 Å². The van der Waals surface area contributed by atoms with Gasteiger partial charge in [-0.15, -0.1) is 0 Å². The molecule has 0 aliphatic heterocycles. The molecule has 1 rings (SSSR count). The first-order valence-corrected chi connectivity index (χ1v) is 9.74. The number of nitrogens with two attached hydrogens (primary N) is 1. The molecule has 0 aliphatic carbocycles. The van der Waals surface area contributed by atoms with Crippen LogP contribution in [-0.4, -0.2) is 56.8 Å². The monoisotopic (exact) mass is 395 g/mol. The third-order valence-corrected chi connectivity index (χ3v) is 4.79. The molecule has 1 unspecified atom stereocenters. The molecule has 0 fully saturated rings. The average molecular weight is 396 g/mol. The van der Waals surface area contributed by atoms with E-state index in [4.69, 9.17) is 28.9 Å². The van der Waals surface area contributed by atoms with Gasteiger partial charge in [0.25, 0.3) is 0 Å². The van der Waals surface area contributed by atoms with Crippen molar-refractivity contribution in [3.63, 3.8) is 0 Å². The maximum atomic E-state index is 12.0. The van der Waals surface area contributed by atoms with Gasteiger partial charge in [-0.3, -0.25) is 9.59 Å². The van der Waals surface area contributed by atoms with E-state index in [0.717, 1.165) is 11.2 Å². The number of likely N-dealkylation sites (N-methyl/N-ethyl adjacent to an activating group) is 1. The Balaban J connectivity index is 2.56. The van der Waals surface area contributed by atoms with Crippen molar-refractivity contribution in [2.45, 2.75) is 12.5 Å². The van der Waals surface area contributed by atoms with E-state index in [1.165, 1.54) is 19.2 Å². The van der Waals surface area contributed by atoms with Crippen molar-refractivity contribution in [1.82, 2.24) is 4.90 Å². The summed E-state index contributed by atoms with van der Waals surface area (Å²) in [4.78, 5) is 25.1. The number of hydrogen-bond donors (Lipinski definition) is 2. The maximum absolute atomic E-state index is 12.0. The lowest BCUT2D eigenvalue weighted by Gasteiger charge is -2.20. The highest BCUT2D eigenvalue weighted by Crippen LogP contribution is 2.24. The number of benzene rings is 1. The summed E-state index contributed by atoms with van der Waals surface area (Å²) in [5.74, 6) is -1.15. The van der Waals surface area contributed by atoms with Crippen LogP contribution in [0.2, 0.25) is 10.0 Å². The molecule has 0 saturated heterocycles. The SMILES string of the molecule is CN(CC(=O)Nc1ccc(Cl)c(Cl)c1)C(=O)C(N)CCS(C)(=O)=O. The van der Waals surface area contributed by atoms with E-state index in [-0.39, 0.29) is 18.7 Å². The Kier molecular flexibility index (Phi) is 7.47. The first-order valence-electron chi connectivity index (χ1n) is 6.93. The van der Waals surface area contributed by atoms with E-state index in [1.807, 2.05) is 0 Å². The number of anilines is 1. The van der Waals surface area contributed by atoms with Crippen LogP contribution in [0.1, 0.15) is 6.42 Å². The second-order valence-electron chi connectivity index (χ2n) is 5.40. The van der Waals surface area contributed by atoms with Crippen molar-refractivity contribution >= 4 is 50.5 Å². The minimum absolute atomic E-state index is 0.00355. The maximum Gasteiger partial charge on any atom is 0.243 e. The number of hydrogen-bond acceptors (Lipinski definition) is 5. The summed E-state index contributed by atoms with van der Waals surface area (Å²) in [7, 11) is -1.79. The fourth-order valence-electron chi connectivity index (χ4n) is 1.82. The van der Waals surface area contributed by atoms with Crippen LogP contribution in [0.5, 0.6) is 0 Å².